The minimum Gasteiger partial charge on any atom is -0.367 e. The molecule has 1 aromatic carbocycles. The highest BCUT2D eigenvalue weighted by Crippen LogP contribution is 2.25. The van der Waals surface area contributed by atoms with Crippen LogP contribution in [-0.4, -0.2) is 68.2 Å². The van der Waals surface area contributed by atoms with Gasteiger partial charge in [-0.05, 0) is 52.6 Å². The van der Waals surface area contributed by atoms with Crippen LogP contribution >= 0.6 is 24.0 Å². The summed E-state index contributed by atoms with van der Waals surface area (Å²) in [6.07, 6.45) is -0.0195. The number of halogens is 2. The molecule has 1 heterocycles. The van der Waals surface area contributed by atoms with E-state index in [0.717, 1.165) is 24.6 Å². The summed E-state index contributed by atoms with van der Waals surface area (Å²) in [5.41, 5.74) is 1.01. The molecule has 1 aromatic rings. The van der Waals surface area contributed by atoms with Gasteiger partial charge < -0.3 is 19.9 Å². The molecule has 0 aliphatic carbocycles. The third-order valence-corrected chi connectivity index (χ3v) is 4.90. The van der Waals surface area contributed by atoms with Gasteiger partial charge in [-0.1, -0.05) is 12.1 Å². The van der Waals surface area contributed by atoms with E-state index in [1.807, 2.05) is 0 Å². The summed E-state index contributed by atoms with van der Waals surface area (Å²) in [5.74, 6) is 0.644. The fraction of sp³-hybridized carbons (Fsp3) is 0.632. The number of likely N-dealkylation sites (N-methyl/N-ethyl adjacent to an activating group) is 1. The molecule has 1 fully saturated rings. The molecule has 1 aliphatic heterocycles. The summed E-state index contributed by atoms with van der Waals surface area (Å²) >= 11 is 0. The van der Waals surface area contributed by atoms with E-state index in [1.165, 1.54) is 12.1 Å². The number of rotatable bonds is 4. The minimum atomic E-state index is -0.229. The van der Waals surface area contributed by atoms with Gasteiger partial charge >= 0.3 is 0 Å². The number of morpholine rings is 1. The van der Waals surface area contributed by atoms with Gasteiger partial charge in [0.2, 0.25) is 0 Å². The van der Waals surface area contributed by atoms with Gasteiger partial charge in [0.15, 0.2) is 5.96 Å². The second-order valence-electron chi connectivity index (χ2n) is 7.50. The van der Waals surface area contributed by atoms with Crippen LogP contribution in [0.5, 0.6) is 0 Å². The normalized spacial score (nSPS) is 21.5. The Labute approximate surface area is 174 Å². The van der Waals surface area contributed by atoms with E-state index in [-0.39, 0.29) is 47.5 Å². The summed E-state index contributed by atoms with van der Waals surface area (Å²) in [5, 5.41) is 3.48. The van der Waals surface area contributed by atoms with Crippen molar-refractivity contribution in [1.29, 1.82) is 0 Å². The van der Waals surface area contributed by atoms with Crippen LogP contribution in [0.3, 0.4) is 0 Å². The van der Waals surface area contributed by atoms with Crippen molar-refractivity contribution in [1.82, 2.24) is 15.1 Å². The van der Waals surface area contributed by atoms with Gasteiger partial charge in [-0.3, -0.25) is 4.99 Å². The van der Waals surface area contributed by atoms with Crippen molar-refractivity contribution in [2.24, 2.45) is 4.99 Å². The van der Waals surface area contributed by atoms with Crippen molar-refractivity contribution < 1.29 is 9.13 Å². The molecule has 26 heavy (non-hydrogen) atoms. The topological polar surface area (TPSA) is 40.1 Å². The summed E-state index contributed by atoms with van der Waals surface area (Å²) in [6.45, 7) is 8.70. The number of hydrogen-bond acceptors (Lipinski definition) is 3. The Morgan fingerprint density at radius 3 is 2.46 bits per heavy atom. The Hall–Kier alpha value is -0.930. The first kappa shape index (κ1) is 23.1. The SMILES string of the molecule is CN=C(NCC(C)(C)N(C)C)N1CC(C)OC(c2ccc(F)cc2)C1.I. The van der Waals surface area contributed by atoms with Crippen LogP contribution in [0.1, 0.15) is 32.4 Å². The molecule has 2 unspecified atom stereocenters. The fourth-order valence-electron chi connectivity index (χ4n) is 2.77. The molecule has 0 saturated carbocycles. The smallest absolute Gasteiger partial charge is 0.193 e. The number of guanidine groups is 1. The molecule has 5 nitrogen and oxygen atoms in total. The van der Waals surface area contributed by atoms with Crippen LogP contribution in [0.2, 0.25) is 0 Å². The Kier molecular flexibility index (Phi) is 8.75. The summed E-state index contributed by atoms with van der Waals surface area (Å²) < 4.78 is 19.2. The molecule has 2 atom stereocenters. The monoisotopic (exact) mass is 478 g/mol. The Morgan fingerprint density at radius 1 is 1.31 bits per heavy atom. The van der Waals surface area contributed by atoms with E-state index in [4.69, 9.17) is 4.74 Å². The Morgan fingerprint density at radius 2 is 1.92 bits per heavy atom. The van der Waals surface area contributed by atoms with Gasteiger partial charge in [0, 0.05) is 25.7 Å². The van der Waals surface area contributed by atoms with Crippen molar-refractivity contribution in [2.75, 3.05) is 40.8 Å². The van der Waals surface area contributed by atoms with Gasteiger partial charge in [-0.2, -0.15) is 0 Å². The van der Waals surface area contributed by atoms with Crippen LogP contribution in [0.4, 0.5) is 4.39 Å². The molecule has 0 radical (unpaired) electrons. The molecule has 2 rings (SSSR count). The standard InChI is InChI=1S/C19H31FN4O.HI/c1-14-11-24(18(21-4)22-13-19(2,3)23(5)6)12-17(25-14)15-7-9-16(20)10-8-15;/h7-10,14,17H,11-13H2,1-6H3,(H,21,22);1H. The van der Waals surface area contributed by atoms with Gasteiger partial charge in [0.05, 0.1) is 12.6 Å². The molecular formula is C19H32FIN4O. The van der Waals surface area contributed by atoms with E-state index in [2.05, 4.69) is 55.0 Å². The lowest BCUT2D eigenvalue weighted by Gasteiger charge is -2.40. The zero-order valence-corrected chi connectivity index (χ0v) is 19.0. The molecule has 0 amide bonds. The maximum absolute atomic E-state index is 13.2. The first-order valence-corrected chi connectivity index (χ1v) is 8.77. The maximum atomic E-state index is 13.2. The highest BCUT2D eigenvalue weighted by atomic mass is 127. The second-order valence-corrected chi connectivity index (χ2v) is 7.50. The number of ether oxygens (including phenoxy) is 1. The average Bonchev–Trinajstić information content (AvgIpc) is 2.55. The van der Waals surface area contributed by atoms with Crippen LogP contribution in [0, 0.1) is 5.82 Å². The third kappa shape index (κ3) is 6.06. The van der Waals surface area contributed by atoms with Crippen molar-refractivity contribution in [2.45, 2.75) is 38.5 Å². The van der Waals surface area contributed by atoms with Crippen LogP contribution in [0.25, 0.3) is 0 Å². The summed E-state index contributed by atoms with van der Waals surface area (Å²) in [7, 11) is 5.95. The quantitative estimate of drug-likeness (QED) is 0.410. The Bertz CT molecular complexity index is 592. The van der Waals surface area contributed by atoms with Gasteiger partial charge in [0.25, 0.3) is 0 Å². The van der Waals surface area contributed by atoms with E-state index in [0.29, 0.717) is 6.54 Å². The van der Waals surface area contributed by atoms with E-state index >= 15 is 0 Å². The van der Waals surface area contributed by atoms with Crippen LogP contribution in [-0.2, 0) is 4.74 Å². The van der Waals surface area contributed by atoms with Crippen LogP contribution < -0.4 is 5.32 Å². The van der Waals surface area contributed by atoms with E-state index in [9.17, 15) is 4.39 Å². The van der Waals surface area contributed by atoms with E-state index in [1.54, 1.807) is 19.2 Å². The summed E-state index contributed by atoms with van der Waals surface area (Å²) in [4.78, 5) is 8.86. The van der Waals surface area contributed by atoms with Crippen molar-refractivity contribution in [3.8, 4) is 0 Å². The van der Waals surface area contributed by atoms with Gasteiger partial charge in [-0.15, -0.1) is 24.0 Å². The molecule has 7 heteroatoms. The van der Waals surface area contributed by atoms with Crippen LogP contribution in [0.15, 0.2) is 29.3 Å². The lowest BCUT2D eigenvalue weighted by molar-refractivity contribution is -0.0606. The maximum Gasteiger partial charge on any atom is 0.193 e. The van der Waals surface area contributed by atoms with E-state index < -0.39 is 0 Å². The average molecular weight is 478 g/mol. The lowest BCUT2D eigenvalue weighted by atomic mass is 10.0. The second kappa shape index (κ2) is 9.85. The molecule has 1 N–H and O–H groups in total. The number of aliphatic imine (C=N–C) groups is 1. The van der Waals surface area contributed by atoms with Gasteiger partial charge in [0.1, 0.15) is 11.9 Å². The third-order valence-electron chi connectivity index (χ3n) is 4.90. The highest BCUT2D eigenvalue weighted by Gasteiger charge is 2.29. The first-order chi connectivity index (χ1) is 11.7. The number of hydrogen-bond donors (Lipinski definition) is 1. The minimum absolute atomic E-state index is 0. The lowest BCUT2D eigenvalue weighted by Crippen LogP contribution is -2.55. The molecule has 0 bridgehead atoms. The molecule has 1 saturated heterocycles. The zero-order chi connectivity index (χ0) is 18.6. The fourth-order valence-corrected chi connectivity index (χ4v) is 2.77. The zero-order valence-electron chi connectivity index (χ0n) is 16.6. The van der Waals surface area contributed by atoms with Crippen molar-refractivity contribution in [3.05, 3.63) is 35.6 Å². The number of benzene rings is 1. The van der Waals surface area contributed by atoms with Gasteiger partial charge in [-0.25, -0.2) is 4.39 Å². The largest absolute Gasteiger partial charge is 0.367 e. The molecule has 0 spiro atoms. The highest BCUT2D eigenvalue weighted by molar-refractivity contribution is 14.0. The molecule has 148 valence electrons. The van der Waals surface area contributed by atoms with Crippen molar-refractivity contribution >= 4 is 29.9 Å². The predicted molar refractivity (Wildman–Crippen MR) is 116 cm³/mol. The first-order valence-electron chi connectivity index (χ1n) is 8.77. The number of nitrogens with one attached hydrogen (secondary N) is 1. The molecule has 1 aliphatic rings. The Balaban J connectivity index is 0.00000338. The van der Waals surface area contributed by atoms with Crippen molar-refractivity contribution in [3.63, 3.8) is 0 Å². The summed E-state index contributed by atoms with van der Waals surface area (Å²) in [6, 6.07) is 6.55. The molecule has 0 aromatic heterocycles. The number of nitrogens with zero attached hydrogens (tertiary/aromatic N) is 3. The predicted octanol–water partition coefficient (Wildman–Crippen LogP) is 3.12. The molecular weight excluding hydrogens is 446 g/mol.